The van der Waals surface area contributed by atoms with Crippen LogP contribution in [-0.4, -0.2) is 65.4 Å². The van der Waals surface area contributed by atoms with Gasteiger partial charge in [-0.25, -0.2) is 9.97 Å². The first-order valence-corrected chi connectivity index (χ1v) is 9.99. The number of thioether (sulfide) groups is 1. The third kappa shape index (κ3) is 4.75. The second-order valence-electron chi connectivity index (χ2n) is 6.08. The average molecular weight is 400 g/mol. The number of aromatic nitrogens is 2. The van der Waals surface area contributed by atoms with Gasteiger partial charge in [0.05, 0.1) is 23.8 Å². The van der Waals surface area contributed by atoms with E-state index in [-0.39, 0.29) is 11.3 Å². The van der Waals surface area contributed by atoms with Crippen molar-refractivity contribution in [2.75, 3.05) is 51.0 Å². The highest BCUT2D eigenvalue weighted by molar-refractivity contribution is 7.98. The predicted octanol–water partition coefficient (Wildman–Crippen LogP) is 2.39. The molecule has 0 bridgehead atoms. The Bertz CT molecular complexity index is 895. The highest BCUT2D eigenvalue weighted by atomic mass is 32.2. The van der Waals surface area contributed by atoms with Crippen LogP contribution in [0.4, 0.5) is 11.5 Å². The molecule has 2 heterocycles. The Morgan fingerprint density at radius 1 is 1.39 bits per heavy atom. The van der Waals surface area contributed by atoms with Crippen LogP contribution in [0.15, 0.2) is 29.4 Å². The molecule has 1 aliphatic heterocycles. The van der Waals surface area contributed by atoms with Gasteiger partial charge in [-0.15, -0.1) is 0 Å². The smallest absolute Gasteiger partial charge is 0.270 e. The lowest BCUT2D eigenvalue weighted by Gasteiger charge is -2.26. The van der Waals surface area contributed by atoms with Gasteiger partial charge in [0.2, 0.25) is 0 Å². The minimum Gasteiger partial charge on any atom is -0.379 e. The summed E-state index contributed by atoms with van der Waals surface area (Å²) in [6, 6.07) is 8.27. The van der Waals surface area contributed by atoms with Crippen molar-refractivity contribution >= 4 is 23.3 Å². The molecular weight excluding hydrogens is 380 g/mol. The second kappa shape index (κ2) is 9.45. The summed E-state index contributed by atoms with van der Waals surface area (Å²) in [5.41, 5.74) is 1.13. The third-order valence-electron chi connectivity index (χ3n) is 4.34. The summed E-state index contributed by atoms with van der Waals surface area (Å²) in [6.45, 7) is 4.64. The van der Waals surface area contributed by atoms with Gasteiger partial charge in [0.25, 0.3) is 5.69 Å². The normalized spacial score (nSPS) is 14.4. The molecule has 1 N–H and O–H groups in total. The molecule has 0 aliphatic carbocycles. The standard InChI is InChI=1S/C18H20N6O3S/c1-28-18-21-16(13-3-2-4-14(11-13)24(25)26)15(12-19)17(22-18)20-5-6-23-7-9-27-10-8-23/h2-4,11H,5-10H2,1H3,(H,20,21,22). The number of nitro groups is 1. The number of morpholine rings is 1. The van der Waals surface area contributed by atoms with Crippen molar-refractivity contribution in [1.29, 1.82) is 5.26 Å². The van der Waals surface area contributed by atoms with Crippen LogP contribution >= 0.6 is 11.8 Å². The van der Waals surface area contributed by atoms with Gasteiger partial charge in [-0.2, -0.15) is 5.26 Å². The molecule has 0 unspecified atom stereocenters. The van der Waals surface area contributed by atoms with Crippen molar-refractivity contribution in [2.45, 2.75) is 5.16 Å². The molecule has 9 nitrogen and oxygen atoms in total. The van der Waals surface area contributed by atoms with Crippen LogP contribution in [0.3, 0.4) is 0 Å². The first-order valence-electron chi connectivity index (χ1n) is 8.77. The molecule has 3 rings (SSSR count). The summed E-state index contributed by atoms with van der Waals surface area (Å²) >= 11 is 1.35. The Hall–Kier alpha value is -2.74. The molecule has 1 saturated heterocycles. The zero-order chi connectivity index (χ0) is 19.9. The van der Waals surface area contributed by atoms with Gasteiger partial charge >= 0.3 is 0 Å². The highest BCUT2D eigenvalue weighted by Crippen LogP contribution is 2.30. The van der Waals surface area contributed by atoms with E-state index < -0.39 is 4.92 Å². The van der Waals surface area contributed by atoms with E-state index in [0.29, 0.717) is 28.8 Å². The van der Waals surface area contributed by atoms with E-state index in [4.69, 9.17) is 4.74 Å². The van der Waals surface area contributed by atoms with E-state index in [0.717, 1.165) is 32.8 Å². The number of nitro benzene ring substituents is 1. The van der Waals surface area contributed by atoms with E-state index in [9.17, 15) is 15.4 Å². The number of hydrogen-bond donors (Lipinski definition) is 1. The summed E-state index contributed by atoms with van der Waals surface area (Å²) in [5.74, 6) is 0.441. The molecule has 146 valence electrons. The number of rotatable bonds is 7. The Morgan fingerprint density at radius 2 is 2.18 bits per heavy atom. The minimum absolute atomic E-state index is 0.0486. The van der Waals surface area contributed by atoms with E-state index in [1.54, 1.807) is 12.1 Å². The lowest BCUT2D eigenvalue weighted by atomic mass is 10.1. The summed E-state index contributed by atoms with van der Waals surface area (Å²) < 4.78 is 5.35. The van der Waals surface area contributed by atoms with Crippen LogP contribution in [0, 0.1) is 21.4 Å². The topological polar surface area (TPSA) is 117 Å². The van der Waals surface area contributed by atoms with E-state index in [2.05, 4.69) is 26.3 Å². The monoisotopic (exact) mass is 400 g/mol. The van der Waals surface area contributed by atoms with Crippen LogP contribution in [0.2, 0.25) is 0 Å². The van der Waals surface area contributed by atoms with Gasteiger partial charge in [-0.05, 0) is 6.26 Å². The average Bonchev–Trinajstić information content (AvgIpc) is 2.74. The fourth-order valence-electron chi connectivity index (χ4n) is 2.90. The molecule has 1 aromatic heterocycles. The molecule has 0 saturated carbocycles. The number of anilines is 1. The first-order chi connectivity index (χ1) is 13.6. The van der Waals surface area contributed by atoms with Gasteiger partial charge in [-0.3, -0.25) is 15.0 Å². The number of nitrogens with one attached hydrogen (secondary N) is 1. The van der Waals surface area contributed by atoms with Crippen molar-refractivity contribution in [3.05, 3.63) is 39.9 Å². The molecular formula is C18H20N6O3S. The zero-order valence-electron chi connectivity index (χ0n) is 15.4. The maximum atomic E-state index is 11.1. The number of ether oxygens (including phenoxy) is 1. The van der Waals surface area contributed by atoms with Gasteiger partial charge in [0.1, 0.15) is 17.5 Å². The van der Waals surface area contributed by atoms with Crippen molar-refractivity contribution in [3.63, 3.8) is 0 Å². The number of nitriles is 1. The maximum absolute atomic E-state index is 11.1. The molecule has 0 amide bonds. The van der Waals surface area contributed by atoms with E-state index in [1.807, 2.05) is 6.26 Å². The van der Waals surface area contributed by atoms with Gasteiger partial charge in [0, 0.05) is 43.9 Å². The number of nitrogens with zero attached hydrogens (tertiary/aromatic N) is 5. The van der Waals surface area contributed by atoms with Gasteiger partial charge in [0.15, 0.2) is 5.16 Å². The largest absolute Gasteiger partial charge is 0.379 e. The quantitative estimate of drug-likeness (QED) is 0.323. The summed E-state index contributed by atoms with van der Waals surface area (Å²) in [6.07, 6.45) is 1.84. The lowest BCUT2D eigenvalue weighted by molar-refractivity contribution is -0.384. The second-order valence-corrected chi connectivity index (χ2v) is 6.86. The zero-order valence-corrected chi connectivity index (χ0v) is 16.2. The first kappa shape index (κ1) is 20.0. The SMILES string of the molecule is CSc1nc(NCCN2CCOCC2)c(C#N)c(-c2cccc([N+](=O)[O-])c2)n1. The van der Waals surface area contributed by atoms with Gasteiger partial charge < -0.3 is 10.1 Å². The van der Waals surface area contributed by atoms with Crippen LogP contribution < -0.4 is 5.32 Å². The molecule has 10 heteroatoms. The van der Waals surface area contributed by atoms with Crippen LogP contribution in [-0.2, 0) is 4.74 Å². The third-order valence-corrected chi connectivity index (χ3v) is 4.89. The Labute approximate surface area is 166 Å². The molecule has 0 atom stereocenters. The van der Waals surface area contributed by atoms with E-state index >= 15 is 0 Å². The fourth-order valence-corrected chi connectivity index (χ4v) is 3.26. The molecule has 1 fully saturated rings. The van der Waals surface area contributed by atoms with Crippen molar-refractivity contribution in [2.24, 2.45) is 0 Å². The Kier molecular flexibility index (Phi) is 6.76. The molecule has 28 heavy (non-hydrogen) atoms. The number of hydrogen-bond acceptors (Lipinski definition) is 9. The molecule has 0 spiro atoms. The Balaban J connectivity index is 1.88. The fraction of sp³-hybridized carbons (Fsp3) is 0.389. The predicted molar refractivity (Wildman–Crippen MR) is 106 cm³/mol. The minimum atomic E-state index is -0.465. The van der Waals surface area contributed by atoms with Crippen LogP contribution in [0.25, 0.3) is 11.3 Å². The lowest BCUT2D eigenvalue weighted by Crippen LogP contribution is -2.39. The molecule has 0 radical (unpaired) electrons. The van der Waals surface area contributed by atoms with Gasteiger partial charge in [-0.1, -0.05) is 23.9 Å². The van der Waals surface area contributed by atoms with Crippen molar-refractivity contribution in [3.8, 4) is 17.3 Å². The summed E-state index contributed by atoms with van der Waals surface area (Å²) in [4.78, 5) is 21.8. The molecule has 1 aliphatic rings. The number of benzene rings is 1. The highest BCUT2D eigenvalue weighted by Gasteiger charge is 2.18. The van der Waals surface area contributed by atoms with Crippen molar-refractivity contribution in [1.82, 2.24) is 14.9 Å². The van der Waals surface area contributed by atoms with Crippen LogP contribution in [0.1, 0.15) is 5.56 Å². The molecule has 1 aromatic carbocycles. The molecule has 2 aromatic rings. The number of non-ortho nitro benzene ring substituents is 1. The van der Waals surface area contributed by atoms with Crippen molar-refractivity contribution < 1.29 is 9.66 Å². The summed E-state index contributed by atoms with van der Waals surface area (Å²) in [7, 11) is 0. The van der Waals surface area contributed by atoms with Crippen LogP contribution in [0.5, 0.6) is 0 Å². The Morgan fingerprint density at radius 3 is 2.86 bits per heavy atom. The summed E-state index contributed by atoms with van der Waals surface area (Å²) in [5, 5.41) is 24.5. The van der Waals surface area contributed by atoms with E-state index in [1.165, 1.54) is 23.9 Å². The maximum Gasteiger partial charge on any atom is 0.270 e.